The average Bonchev–Trinajstić information content (AvgIpc) is 3.25. The molecule has 28 heavy (non-hydrogen) atoms. The van der Waals surface area contributed by atoms with Crippen LogP contribution in [-0.2, 0) is 14.8 Å². The first-order valence-corrected chi connectivity index (χ1v) is 11.7. The van der Waals surface area contributed by atoms with Gasteiger partial charge < -0.3 is 4.74 Å². The van der Waals surface area contributed by atoms with Crippen molar-refractivity contribution in [2.24, 2.45) is 0 Å². The van der Waals surface area contributed by atoms with Crippen LogP contribution in [0, 0.1) is 0 Å². The van der Waals surface area contributed by atoms with Gasteiger partial charge in [-0.3, -0.25) is 0 Å². The number of benzene rings is 1. The minimum Gasteiger partial charge on any atom is -0.465 e. The van der Waals surface area contributed by atoms with Gasteiger partial charge in [0, 0.05) is 0 Å². The summed E-state index contributed by atoms with van der Waals surface area (Å²) in [6.07, 6.45) is 5.69. The van der Waals surface area contributed by atoms with E-state index in [1.807, 2.05) is 0 Å². The summed E-state index contributed by atoms with van der Waals surface area (Å²) < 4.78 is 33.7. The number of hydrogen-bond donors (Lipinski definition) is 1. The van der Waals surface area contributed by atoms with Crippen molar-refractivity contribution in [1.29, 1.82) is 0 Å². The highest BCUT2D eigenvalue weighted by molar-refractivity contribution is 7.91. The molecule has 2 aromatic rings. The van der Waals surface area contributed by atoms with Crippen LogP contribution in [0.1, 0.15) is 61.5 Å². The largest absolute Gasteiger partial charge is 0.465 e. The molecule has 0 radical (unpaired) electrons. The van der Waals surface area contributed by atoms with Gasteiger partial charge in [-0.15, -0.1) is 11.3 Å². The lowest BCUT2D eigenvalue weighted by Gasteiger charge is -2.22. The Morgan fingerprint density at radius 2 is 1.89 bits per heavy atom. The van der Waals surface area contributed by atoms with Crippen molar-refractivity contribution in [1.82, 2.24) is 4.72 Å². The first-order chi connectivity index (χ1) is 13.4. The summed E-state index contributed by atoms with van der Waals surface area (Å²) in [7, 11) is -2.31. The lowest BCUT2D eigenvalue weighted by Crippen LogP contribution is -2.29. The Morgan fingerprint density at radius 3 is 2.43 bits per heavy atom. The van der Waals surface area contributed by atoms with E-state index in [1.165, 1.54) is 18.4 Å². The van der Waals surface area contributed by atoms with Crippen LogP contribution >= 0.6 is 11.3 Å². The molecule has 2 rings (SSSR count). The van der Waals surface area contributed by atoms with Crippen molar-refractivity contribution in [3.63, 3.8) is 0 Å². The minimum atomic E-state index is -3.65. The summed E-state index contributed by atoms with van der Waals surface area (Å²) >= 11 is 1.19. The van der Waals surface area contributed by atoms with E-state index in [-0.39, 0.29) is 4.21 Å². The summed E-state index contributed by atoms with van der Waals surface area (Å²) in [5.41, 5.74) is 2.26. The first kappa shape index (κ1) is 22.3. The molecule has 0 aliphatic carbocycles. The van der Waals surface area contributed by atoms with Crippen LogP contribution in [0.15, 0.2) is 57.6 Å². The number of thiophene rings is 1. The molecule has 1 aromatic heterocycles. The van der Waals surface area contributed by atoms with Crippen molar-refractivity contribution in [3.05, 3.63) is 64.6 Å². The lowest BCUT2D eigenvalue weighted by atomic mass is 9.94. The number of sulfonamides is 1. The van der Waals surface area contributed by atoms with Crippen LogP contribution in [0.2, 0.25) is 0 Å². The van der Waals surface area contributed by atoms with E-state index in [1.54, 1.807) is 41.8 Å². The van der Waals surface area contributed by atoms with E-state index in [9.17, 15) is 13.2 Å². The quantitative estimate of drug-likeness (QED) is 0.429. The summed E-state index contributed by atoms with van der Waals surface area (Å²) in [4.78, 5) is 11.7. The number of methoxy groups -OCH3 is 1. The zero-order chi connectivity index (χ0) is 20.6. The van der Waals surface area contributed by atoms with Crippen molar-refractivity contribution < 1.29 is 17.9 Å². The molecule has 7 heteroatoms. The Morgan fingerprint density at radius 1 is 1.18 bits per heavy atom. The number of allylic oxidation sites excluding steroid dienone is 1. The fraction of sp³-hybridized carbons (Fsp3) is 0.381. The number of carbonyl (C=O) groups is 1. The van der Waals surface area contributed by atoms with Crippen LogP contribution in [0.5, 0.6) is 0 Å². The first-order valence-electron chi connectivity index (χ1n) is 9.36. The Kier molecular flexibility index (Phi) is 8.41. The van der Waals surface area contributed by atoms with Gasteiger partial charge >= 0.3 is 5.97 Å². The van der Waals surface area contributed by atoms with Gasteiger partial charge in [0.2, 0.25) is 0 Å². The molecule has 5 nitrogen and oxygen atoms in total. The number of nitrogens with one attached hydrogen (secondary N) is 1. The monoisotopic (exact) mass is 421 g/mol. The van der Waals surface area contributed by atoms with Crippen molar-refractivity contribution in [2.45, 2.75) is 49.8 Å². The lowest BCUT2D eigenvalue weighted by molar-refractivity contribution is 0.0600. The molecule has 0 unspecified atom stereocenters. The fourth-order valence-corrected chi connectivity index (χ4v) is 5.14. The Balaban J connectivity index is 2.44. The van der Waals surface area contributed by atoms with E-state index in [0.717, 1.165) is 36.8 Å². The minimum absolute atomic E-state index is 0.287. The molecule has 0 aliphatic rings. The second-order valence-corrected chi connectivity index (χ2v) is 9.31. The Hall–Kier alpha value is -1.96. The smallest absolute Gasteiger partial charge is 0.337 e. The molecule has 0 saturated heterocycles. The molecule has 0 fully saturated rings. The molecule has 0 aliphatic heterocycles. The predicted octanol–water partition coefficient (Wildman–Crippen LogP) is 5.08. The average molecular weight is 422 g/mol. The number of rotatable bonds is 10. The van der Waals surface area contributed by atoms with Crippen molar-refractivity contribution in [3.8, 4) is 0 Å². The summed E-state index contributed by atoms with van der Waals surface area (Å²) in [6.45, 7) is 4.17. The second-order valence-electron chi connectivity index (χ2n) is 6.42. The molecule has 1 aromatic carbocycles. The molecule has 1 N–H and O–H groups in total. The molecular weight excluding hydrogens is 394 g/mol. The zero-order valence-corrected chi connectivity index (χ0v) is 18.1. The van der Waals surface area contributed by atoms with E-state index in [4.69, 9.17) is 4.74 Å². The van der Waals surface area contributed by atoms with Crippen molar-refractivity contribution in [2.75, 3.05) is 7.11 Å². The molecule has 0 saturated carbocycles. The predicted molar refractivity (Wildman–Crippen MR) is 113 cm³/mol. The van der Waals surface area contributed by atoms with E-state index in [2.05, 4.69) is 24.6 Å². The van der Waals surface area contributed by atoms with Gasteiger partial charge in [0.1, 0.15) is 4.21 Å². The molecular formula is C21H27NO4S2. The van der Waals surface area contributed by atoms with E-state index < -0.39 is 22.0 Å². The number of carbonyl (C=O) groups excluding carboxylic acids is 1. The van der Waals surface area contributed by atoms with Crippen LogP contribution < -0.4 is 4.72 Å². The molecule has 1 atom stereocenters. The SMILES string of the molecule is CCC/C=C(\CCC)[C@@H](NS(=O)(=O)c1cccs1)c1ccc(C(=O)OC)cc1. The highest BCUT2D eigenvalue weighted by Gasteiger charge is 2.25. The number of hydrogen-bond acceptors (Lipinski definition) is 5. The third kappa shape index (κ3) is 5.77. The Bertz CT molecular complexity index is 885. The highest BCUT2D eigenvalue weighted by atomic mass is 32.2. The number of unbranched alkanes of at least 4 members (excludes halogenated alkanes) is 1. The summed E-state index contributed by atoms with van der Waals surface area (Å²) in [5.74, 6) is -0.419. The summed E-state index contributed by atoms with van der Waals surface area (Å²) in [5, 5.41) is 1.74. The van der Waals surface area contributed by atoms with Gasteiger partial charge in [-0.1, -0.05) is 56.5 Å². The second kappa shape index (κ2) is 10.5. The van der Waals surface area contributed by atoms with Crippen LogP contribution in [0.25, 0.3) is 0 Å². The highest BCUT2D eigenvalue weighted by Crippen LogP contribution is 2.29. The van der Waals surface area contributed by atoms with Crippen LogP contribution in [0.3, 0.4) is 0 Å². The van der Waals surface area contributed by atoms with Crippen LogP contribution in [-0.4, -0.2) is 21.5 Å². The number of ether oxygens (including phenoxy) is 1. The van der Waals surface area contributed by atoms with Crippen LogP contribution in [0.4, 0.5) is 0 Å². The molecule has 152 valence electrons. The van der Waals surface area contributed by atoms with Gasteiger partial charge in [0.05, 0.1) is 18.7 Å². The molecule has 0 bridgehead atoms. The standard InChI is InChI=1S/C21H27NO4S2/c1-4-6-9-16(8-5-2)20(22-28(24,25)19-10-7-15-27-19)17-11-13-18(14-12-17)21(23)26-3/h7,9-15,20,22H,4-6,8H2,1-3H3/b16-9+/t20-/m1/s1. The summed E-state index contributed by atoms with van der Waals surface area (Å²) in [6, 6.07) is 9.73. The third-order valence-corrected chi connectivity index (χ3v) is 7.12. The molecule has 0 amide bonds. The van der Waals surface area contributed by atoms with Crippen molar-refractivity contribution >= 4 is 27.3 Å². The Labute approximate surface area is 171 Å². The third-order valence-electron chi connectivity index (χ3n) is 4.30. The number of esters is 1. The van der Waals surface area contributed by atoms with E-state index in [0.29, 0.717) is 5.56 Å². The van der Waals surface area contributed by atoms with Gasteiger partial charge in [0.15, 0.2) is 0 Å². The molecule has 0 spiro atoms. The van der Waals surface area contributed by atoms with Gasteiger partial charge in [-0.05, 0) is 42.0 Å². The van der Waals surface area contributed by atoms with Gasteiger partial charge in [-0.25, -0.2) is 13.2 Å². The fourth-order valence-electron chi connectivity index (χ4n) is 2.90. The van der Waals surface area contributed by atoms with E-state index >= 15 is 0 Å². The maximum absolute atomic E-state index is 12.9. The maximum atomic E-state index is 12.9. The van der Waals surface area contributed by atoms with Gasteiger partial charge in [-0.2, -0.15) is 4.72 Å². The normalized spacial score (nSPS) is 13.3. The molecule has 1 heterocycles. The zero-order valence-electron chi connectivity index (χ0n) is 16.5. The van der Waals surface area contributed by atoms with Gasteiger partial charge in [0.25, 0.3) is 10.0 Å². The topological polar surface area (TPSA) is 72.5 Å². The maximum Gasteiger partial charge on any atom is 0.337 e.